The van der Waals surface area contributed by atoms with E-state index < -0.39 is 0 Å². The van der Waals surface area contributed by atoms with Crippen molar-refractivity contribution in [2.75, 3.05) is 0 Å². The summed E-state index contributed by atoms with van der Waals surface area (Å²) in [6, 6.07) is 5.22. The standard InChI is InChI=1S/C12H10BrNO2S/c1-8-14-10(7-17-8)6-16-12-3-2-9(5-15)4-11(12)13/h2-5,7H,6H2,1H3. The van der Waals surface area contributed by atoms with E-state index in [1.54, 1.807) is 29.5 Å². The normalized spacial score (nSPS) is 10.2. The van der Waals surface area contributed by atoms with Gasteiger partial charge in [0.25, 0.3) is 0 Å². The van der Waals surface area contributed by atoms with Crippen LogP contribution in [0.2, 0.25) is 0 Å². The van der Waals surface area contributed by atoms with Gasteiger partial charge in [0.1, 0.15) is 18.6 Å². The minimum atomic E-state index is 0.434. The van der Waals surface area contributed by atoms with Gasteiger partial charge in [-0.1, -0.05) is 0 Å². The highest BCUT2D eigenvalue weighted by Crippen LogP contribution is 2.26. The fourth-order valence-corrected chi connectivity index (χ4v) is 2.44. The third kappa shape index (κ3) is 3.14. The maximum Gasteiger partial charge on any atom is 0.150 e. The summed E-state index contributed by atoms with van der Waals surface area (Å²) in [6.07, 6.45) is 0.804. The lowest BCUT2D eigenvalue weighted by Crippen LogP contribution is -1.96. The van der Waals surface area contributed by atoms with Crippen LogP contribution in [0.1, 0.15) is 21.1 Å². The van der Waals surface area contributed by atoms with Crippen molar-refractivity contribution in [3.05, 3.63) is 44.3 Å². The molecule has 0 spiro atoms. The van der Waals surface area contributed by atoms with Crippen LogP contribution in [-0.2, 0) is 6.61 Å². The summed E-state index contributed by atoms with van der Waals surface area (Å²) in [5.41, 5.74) is 1.53. The van der Waals surface area contributed by atoms with E-state index in [2.05, 4.69) is 20.9 Å². The number of carbonyl (C=O) groups excluding carboxylic acids is 1. The Morgan fingerprint density at radius 2 is 2.35 bits per heavy atom. The highest BCUT2D eigenvalue weighted by Gasteiger charge is 2.04. The Bertz CT molecular complexity index is 539. The molecule has 2 aromatic rings. The Morgan fingerprint density at radius 1 is 1.53 bits per heavy atom. The van der Waals surface area contributed by atoms with Crippen LogP contribution in [0.4, 0.5) is 0 Å². The van der Waals surface area contributed by atoms with Gasteiger partial charge in [0, 0.05) is 10.9 Å². The lowest BCUT2D eigenvalue weighted by atomic mass is 10.2. The van der Waals surface area contributed by atoms with Gasteiger partial charge in [-0.3, -0.25) is 4.79 Å². The molecular formula is C12H10BrNO2S. The van der Waals surface area contributed by atoms with Gasteiger partial charge in [-0.2, -0.15) is 0 Å². The van der Waals surface area contributed by atoms with Crippen LogP contribution < -0.4 is 4.74 Å². The fraction of sp³-hybridized carbons (Fsp3) is 0.167. The van der Waals surface area contributed by atoms with E-state index in [9.17, 15) is 4.79 Å². The average molecular weight is 312 g/mol. The van der Waals surface area contributed by atoms with Crippen molar-refractivity contribution in [2.45, 2.75) is 13.5 Å². The number of carbonyl (C=O) groups is 1. The molecule has 0 fully saturated rings. The summed E-state index contributed by atoms with van der Waals surface area (Å²) in [6.45, 7) is 2.40. The second-order valence-electron chi connectivity index (χ2n) is 3.45. The summed E-state index contributed by atoms with van der Waals surface area (Å²) in [4.78, 5) is 14.9. The number of aromatic nitrogens is 1. The summed E-state index contributed by atoms with van der Waals surface area (Å²) >= 11 is 4.97. The molecule has 0 radical (unpaired) electrons. The first-order chi connectivity index (χ1) is 8.19. The highest BCUT2D eigenvalue weighted by atomic mass is 79.9. The summed E-state index contributed by atoms with van der Waals surface area (Å²) in [7, 11) is 0. The number of nitrogens with zero attached hydrogens (tertiary/aromatic N) is 1. The molecule has 17 heavy (non-hydrogen) atoms. The molecular weight excluding hydrogens is 302 g/mol. The number of halogens is 1. The van der Waals surface area contributed by atoms with Crippen molar-refractivity contribution in [2.24, 2.45) is 0 Å². The van der Waals surface area contributed by atoms with Crippen molar-refractivity contribution in [3.8, 4) is 5.75 Å². The average Bonchev–Trinajstić information content (AvgIpc) is 2.73. The Labute approximate surface area is 112 Å². The molecule has 0 atom stereocenters. The topological polar surface area (TPSA) is 39.2 Å². The molecule has 5 heteroatoms. The van der Waals surface area contributed by atoms with Crippen molar-refractivity contribution in [1.82, 2.24) is 4.98 Å². The SMILES string of the molecule is Cc1nc(COc2ccc(C=O)cc2Br)cs1. The zero-order valence-electron chi connectivity index (χ0n) is 9.14. The predicted molar refractivity (Wildman–Crippen MR) is 70.7 cm³/mol. The summed E-state index contributed by atoms with van der Waals surface area (Å²) in [5, 5.41) is 3.00. The summed E-state index contributed by atoms with van der Waals surface area (Å²) in [5.74, 6) is 0.709. The number of aryl methyl sites for hydroxylation is 1. The van der Waals surface area contributed by atoms with E-state index in [0.717, 1.165) is 21.5 Å². The number of benzene rings is 1. The van der Waals surface area contributed by atoms with E-state index in [-0.39, 0.29) is 0 Å². The number of rotatable bonds is 4. The lowest BCUT2D eigenvalue weighted by Gasteiger charge is -2.06. The largest absolute Gasteiger partial charge is 0.486 e. The van der Waals surface area contributed by atoms with Gasteiger partial charge in [-0.25, -0.2) is 4.98 Å². The Morgan fingerprint density at radius 3 is 2.94 bits per heavy atom. The zero-order chi connectivity index (χ0) is 12.3. The number of ether oxygens (including phenoxy) is 1. The van der Waals surface area contributed by atoms with Gasteiger partial charge in [0.15, 0.2) is 0 Å². The quantitative estimate of drug-likeness (QED) is 0.810. The van der Waals surface area contributed by atoms with Crippen molar-refractivity contribution >= 4 is 33.6 Å². The van der Waals surface area contributed by atoms with E-state index in [0.29, 0.717) is 17.9 Å². The minimum absolute atomic E-state index is 0.434. The molecule has 0 aliphatic rings. The first kappa shape index (κ1) is 12.3. The molecule has 0 amide bonds. The second kappa shape index (κ2) is 5.42. The first-order valence-corrected chi connectivity index (χ1v) is 6.65. The molecule has 1 heterocycles. The van der Waals surface area contributed by atoms with E-state index >= 15 is 0 Å². The first-order valence-electron chi connectivity index (χ1n) is 4.97. The lowest BCUT2D eigenvalue weighted by molar-refractivity contribution is 0.112. The molecule has 88 valence electrons. The van der Waals surface area contributed by atoms with Crippen molar-refractivity contribution in [3.63, 3.8) is 0 Å². The molecule has 2 rings (SSSR count). The predicted octanol–water partition coefficient (Wildman–Crippen LogP) is 3.61. The van der Waals surface area contributed by atoms with Gasteiger partial charge in [-0.15, -0.1) is 11.3 Å². The maximum atomic E-state index is 10.6. The van der Waals surface area contributed by atoms with Crippen LogP contribution in [-0.4, -0.2) is 11.3 Å². The van der Waals surface area contributed by atoms with Gasteiger partial charge in [0.05, 0.1) is 15.2 Å². The number of thiazole rings is 1. The highest BCUT2D eigenvalue weighted by molar-refractivity contribution is 9.10. The molecule has 1 aromatic heterocycles. The van der Waals surface area contributed by atoms with Gasteiger partial charge >= 0.3 is 0 Å². The van der Waals surface area contributed by atoms with E-state index in [1.165, 1.54) is 0 Å². The second-order valence-corrected chi connectivity index (χ2v) is 5.37. The van der Waals surface area contributed by atoms with Crippen LogP contribution in [0.3, 0.4) is 0 Å². The number of hydrogen-bond acceptors (Lipinski definition) is 4. The molecule has 0 aliphatic carbocycles. The third-order valence-electron chi connectivity index (χ3n) is 2.13. The molecule has 1 aromatic carbocycles. The maximum absolute atomic E-state index is 10.6. The zero-order valence-corrected chi connectivity index (χ0v) is 11.5. The van der Waals surface area contributed by atoms with Crippen molar-refractivity contribution in [1.29, 1.82) is 0 Å². The van der Waals surface area contributed by atoms with Crippen LogP contribution in [0.5, 0.6) is 5.75 Å². The van der Waals surface area contributed by atoms with Gasteiger partial charge in [-0.05, 0) is 41.1 Å². The molecule has 0 bridgehead atoms. The minimum Gasteiger partial charge on any atom is -0.486 e. The van der Waals surface area contributed by atoms with E-state index in [1.807, 2.05) is 12.3 Å². The Kier molecular flexibility index (Phi) is 3.91. The number of aldehydes is 1. The van der Waals surface area contributed by atoms with E-state index in [4.69, 9.17) is 4.74 Å². The van der Waals surface area contributed by atoms with Crippen LogP contribution in [0, 0.1) is 6.92 Å². The van der Waals surface area contributed by atoms with Crippen LogP contribution in [0.15, 0.2) is 28.1 Å². The smallest absolute Gasteiger partial charge is 0.150 e. The van der Waals surface area contributed by atoms with Gasteiger partial charge in [0.2, 0.25) is 0 Å². The summed E-state index contributed by atoms with van der Waals surface area (Å²) < 4.78 is 6.39. The van der Waals surface area contributed by atoms with Gasteiger partial charge < -0.3 is 4.74 Å². The monoisotopic (exact) mass is 311 g/mol. The fourth-order valence-electron chi connectivity index (χ4n) is 1.33. The molecule has 0 N–H and O–H groups in total. The van der Waals surface area contributed by atoms with Crippen LogP contribution >= 0.6 is 27.3 Å². The Hall–Kier alpha value is -1.20. The number of hydrogen-bond donors (Lipinski definition) is 0. The molecule has 3 nitrogen and oxygen atoms in total. The molecule has 0 unspecified atom stereocenters. The molecule has 0 saturated heterocycles. The molecule has 0 saturated carbocycles. The van der Waals surface area contributed by atoms with Crippen LogP contribution in [0.25, 0.3) is 0 Å². The third-order valence-corrected chi connectivity index (χ3v) is 3.58. The molecule has 0 aliphatic heterocycles. The van der Waals surface area contributed by atoms with Crippen molar-refractivity contribution < 1.29 is 9.53 Å². The Balaban J connectivity index is 2.06.